The number of benzene rings is 3. The SMILES string of the molecule is O=C(/C=C/c1ccccc1)Nc1ccccc1Oc1ccccc1F. The third kappa shape index (κ3) is 4.54. The molecule has 25 heavy (non-hydrogen) atoms. The van der Waals surface area contributed by atoms with E-state index < -0.39 is 5.82 Å². The Labute approximate surface area is 145 Å². The molecule has 0 aromatic heterocycles. The molecule has 0 heterocycles. The molecule has 0 radical (unpaired) electrons. The summed E-state index contributed by atoms with van der Waals surface area (Å²) in [5.41, 5.74) is 1.39. The summed E-state index contributed by atoms with van der Waals surface area (Å²) >= 11 is 0. The van der Waals surface area contributed by atoms with Crippen LogP contribution in [0.1, 0.15) is 5.56 Å². The Morgan fingerprint density at radius 1 is 0.840 bits per heavy atom. The lowest BCUT2D eigenvalue weighted by Crippen LogP contribution is -2.08. The summed E-state index contributed by atoms with van der Waals surface area (Å²) in [7, 11) is 0. The molecule has 124 valence electrons. The maximum absolute atomic E-state index is 13.8. The van der Waals surface area contributed by atoms with E-state index in [1.165, 1.54) is 18.2 Å². The molecule has 0 aliphatic carbocycles. The molecule has 0 aliphatic heterocycles. The van der Waals surface area contributed by atoms with Crippen LogP contribution >= 0.6 is 0 Å². The molecule has 1 amide bonds. The van der Waals surface area contributed by atoms with Crippen LogP contribution in [0.3, 0.4) is 0 Å². The molecule has 0 fully saturated rings. The average Bonchev–Trinajstić information content (AvgIpc) is 2.64. The summed E-state index contributed by atoms with van der Waals surface area (Å²) in [6.45, 7) is 0. The highest BCUT2D eigenvalue weighted by Gasteiger charge is 2.09. The molecule has 0 saturated carbocycles. The van der Waals surface area contributed by atoms with Crippen molar-refractivity contribution in [1.82, 2.24) is 0 Å². The molecular formula is C21H16FNO2. The van der Waals surface area contributed by atoms with Gasteiger partial charge in [0.05, 0.1) is 5.69 Å². The quantitative estimate of drug-likeness (QED) is 0.646. The highest BCUT2D eigenvalue weighted by Crippen LogP contribution is 2.30. The van der Waals surface area contributed by atoms with E-state index in [4.69, 9.17) is 4.74 Å². The van der Waals surface area contributed by atoms with E-state index in [1.54, 1.807) is 42.5 Å². The Morgan fingerprint density at radius 3 is 2.24 bits per heavy atom. The summed E-state index contributed by atoms with van der Waals surface area (Å²) in [4.78, 5) is 12.1. The van der Waals surface area contributed by atoms with Crippen molar-refractivity contribution in [2.24, 2.45) is 0 Å². The molecule has 3 aromatic carbocycles. The smallest absolute Gasteiger partial charge is 0.248 e. The molecule has 0 bridgehead atoms. The van der Waals surface area contributed by atoms with Gasteiger partial charge in [0.2, 0.25) is 5.91 Å². The second-order valence-corrected chi connectivity index (χ2v) is 5.26. The fourth-order valence-electron chi connectivity index (χ4n) is 2.22. The zero-order chi connectivity index (χ0) is 17.5. The number of para-hydroxylation sites is 3. The molecule has 0 saturated heterocycles. The van der Waals surface area contributed by atoms with Crippen molar-refractivity contribution in [3.63, 3.8) is 0 Å². The summed E-state index contributed by atoms with van der Waals surface area (Å²) < 4.78 is 19.3. The minimum Gasteiger partial charge on any atom is -0.452 e. The van der Waals surface area contributed by atoms with Gasteiger partial charge in [-0.2, -0.15) is 0 Å². The number of rotatable bonds is 5. The standard InChI is InChI=1S/C21H16FNO2/c22-17-10-4-6-12-19(17)25-20-13-7-5-11-18(20)23-21(24)15-14-16-8-2-1-3-9-16/h1-15H,(H,23,24)/b15-14+. The van der Waals surface area contributed by atoms with Gasteiger partial charge in [0.15, 0.2) is 17.3 Å². The number of amides is 1. The first kappa shape index (κ1) is 16.5. The lowest BCUT2D eigenvalue weighted by molar-refractivity contribution is -0.111. The van der Waals surface area contributed by atoms with Crippen molar-refractivity contribution < 1.29 is 13.9 Å². The lowest BCUT2D eigenvalue weighted by atomic mass is 10.2. The van der Waals surface area contributed by atoms with Crippen LogP contribution in [0.4, 0.5) is 10.1 Å². The first-order valence-corrected chi connectivity index (χ1v) is 7.78. The Kier molecular flexibility index (Phi) is 5.22. The summed E-state index contributed by atoms with van der Waals surface area (Å²) in [5, 5.41) is 2.75. The van der Waals surface area contributed by atoms with Crippen molar-refractivity contribution in [3.8, 4) is 11.5 Å². The predicted molar refractivity (Wildman–Crippen MR) is 97.0 cm³/mol. The van der Waals surface area contributed by atoms with Crippen LogP contribution in [0.2, 0.25) is 0 Å². The second-order valence-electron chi connectivity index (χ2n) is 5.26. The van der Waals surface area contributed by atoms with Gasteiger partial charge in [-0.25, -0.2) is 4.39 Å². The maximum Gasteiger partial charge on any atom is 0.248 e. The van der Waals surface area contributed by atoms with Crippen molar-refractivity contribution >= 4 is 17.7 Å². The first-order valence-electron chi connectivity index (χ1n) is 7.78. The van der Waals surface area contributed by atoms with Crippen molar-refractivity contribution in [2.45, 2.75) is 0 Å². The zero-order valence-electron chi connectivity index (χ0n) is 13.4. The van der Waals surface area contributed by atoms with E-state index in [0.29, 0.717) is 11.4 Å². The van der Waals surface area contributed by atoms with Gasteiger partial charge in [-0.3, -0.25) is 4.79 Å². The van der Waals surface area contributed by atoms with Gasteiger partial charge in [0, 0.05) is 6.08 Å². The molecule has 3 aromatic rings. The van der Waals surface area contributed by atoms with E-state index in [-0.39, 0.29) is 11.7 Å². The Hall–Kier alpha value is -3.40. The summed E-state index contributed by atoms with van der Waals surface area (Å²) in [6, 6.07) is 22.5. The number of ether oxygens (including phenoxy) is 1. The van der Waals surface area contributed by atoms with Crippen molar-refractivity contribution in [3.05, 3.63) is 96.3 Å². The first-order chi connectivity index (χ1) is 12.2. The molecule has 0 unspecified atom stereocenters. The van der Waals surface area contributed by atoms with Gasteiger partial charge in [0.1, 0.15) is 0 Å². The van der Waals surface area contributed by atoms with Gasteiger partial charge in [0.25, 0.3) is 0 Å². The number of hydrogen-bond donors (Lipinski definition) is 1. The normalized spacial score (nSPS) is 10.6. The van der Waals surface area contributed by atoms with Gasteiger partial charge in [-0.1, -0.05) is 54.6 Å². The molecule has 0 spiro atoms. The molecule has 4 heteroatoms. The van der Waals surface area contributed by atoms with Crippen LogP contribution in [-0.4, -0.2) is 5.91 Å². The van der Waals surface area contributed by atoms with Crippen LogP contribution in [0, 0.1) is 5.82 Å². The van der Waals surface area contributed by atoms with Gasteiger partial charge in [-0.15, -0.1) is 0 Å². The summed E-state index contributed by atoms with van der Waals surface area (Å²) in [5.74, 6) is -0.292. The van der Waals surface area contributed by atoms with Crippen molar-refractivity contribution in [1.29, 1.82) is 0 Å². The van der Waals surface area contributed by atoms with Crippen LogP contribution in [0.15, 0.2) is 84.9 Å². The molecular weight excluding hydrogens is 317 g/mol. The second kappa shape index (κ2) is 7.93. The monoisotopic (exact) mass is 333 g/mol. The molecule has 3 nitrogen and oxygen atoms in total. The predicted octanol–water partition coefficient (Wildman–Crippen LogP) is 5.27. The van der Waals surface area contributed by atoms with Crippen molar-refractivity contribution in [2.75, 3.05) is 5.32 Å². The number of nitrogens with one attached hydrogen (secondary N) is 1. The molecule has 1 N–H and O–H groups in total. The third-order valence-electron chi connectivity index (χ3n) is 3.43. The Balaban J connectivity index is 1.74. The fraction of sp³-hybridized carbons (Fsp3) is 0. The zero-order valence-corrected chi connectivity index (χ0v) is 13.4. The minimum absolute atomic E-state index is 0.101. The van der Waals surface area contributed by atoms with Crippen LogP contribution < -0.4 is 10.1 Å². The minimum atomic E-state index is -0.465. The van der Waals surface area contributed by atoms with Gasteiger partial charge < -0.3 is 10.1 Å². The average molecular weight is 333 g/mol. The van der Waals surface area contributed by atoms with Crippen LogP contribution in [0.5, 0.6) is 11.5 Å². The Morgan fingerprint density at radius 2 is 1.48 bits per heavy atom. The number of carbonyl (C=O) groups is 1. The van der Waals surface area contributed by atoms with Gasteiger partial charge >= 0.3 is 0 Å². The van der Waals surface area contributed by atoms with Gasteiger partial charge in [-0.05, 0) is 35.9 Å². The highest BCUT2D eigenvalue weighted by molar-refractivity contribution is 6.02. The van der Waals surface area contributed by atoms with E-state index in [2.05, 4.69) is 5.32 Å². The third-order valence-corrected chi connectivity index (χ3v) is 3.43. The summed E-state index contributed by atoms with van der Waals surface area (Å²) in [6.07, 6.45) is 3.16. The number of anilines is 1. The Bertz CT molecular complexity index is 891. The number of halogens is 1. The van der Waals surface area contributed by atoms with E-state index >= 15 is 0 Å². The largest absolute Gasteiger partial charge is 0.452 e. The van der Waals surface area contributed by atoms with E-state index in [1.807, 2.05) is 30.3 Å². The number of carbonyl (C=O) groups excluding carboxylic acids is 1. The molecule has 0 atom stereocenters. The van der Waals surface area contributed by atoms with E-state index in [9.17, 15) is 9.18 Å². The maximum atomic E-state index is 13.8. The van der Waals surface area contributed by atoms with Crippen LogP contribution in [0.25, 0.3) is 6.08 Å². The lowest BCUT2D eigenvalue weighted by Gasteiger charge is -2.11. The number of hydrogen-bond acceptors (Lipinski definition) is 2. The van der Waals surface area contributed by atoms with Crippen LogP contribution in [-0.2, 0) is 4.79 Å². The highest BCUT2D eigenvalue weighted by atomic mass is 19.1. The molecule has 3 rings (SSSR count). The fourth-order valence-corrected chi connectivity index (χ4v) is 2.22. The topological polar surface area (TPSA) is 38.3 Å². The van der Waals surface area contributed by atoms with E-state index in [0.717, 1.165) is 5.56 Å². The molecule has 0 aliphatic rings.